The van der Waals surface area contributed by atoms with E-state index in [-0.39, 0.29) is 0 Å². The van der Waals surface area contributed by atoms with Gasteiger partial charge in [0.05, 0.1) is 26.0 Å². The van der Waals surface area contributed by atoms with Gasteiger partial charge in [0, 0.05) is 29.6 Å². The van der Waals surface area contributed by atoms with Crippen molar-refractivity contribution < 1.29 is 4.74 Å². The van der Waals surface area contributed by atoms with Crippen LogP contribution in [0.3, 0.4) is 0 Å². The molecule has 0 saturated carbocycles. The minimum atomic E-state index is 0.741. The van der Waals surface area contributed by atoms with E-state index in [9.17, 15) is 0 Å². The molecule has 3 aromatic rings. The second-order valence-electron chi connectivity index (χ2n) is 5.23. The van der Waals surface area contributed by atoms with Crippen molar-refractivity contribution in [1.29, 1.82) is 0 Å². The molecule has 5 nitrogen and oxygen atoms in total. The van der Waals surface area contributed by atoms with Crippen LogP contribution in [0.15, 0.2) is 42.9 Å². The summed E-state index contributed by atoms with van der Waals surface area (Å²) in [7, 11) is 1.67. The van der Waals surface area contributed by atoms with Gasteiger partial charge in [-0.15, -0.1) is 0 Å². The van der Waals surface area contributed by atoms with Crippen LogP contribution in [-0.2, 0) is 13.1 Å². The summed E-state index contributed by atoms with van der Waals surface area (Å²) >= 11 is 0. The van der Waals surface area contributed by atoms with Gasteiger partial charge in [0.2, 0.25) is 0 Å². The summed E-state index contributed by atoms with van der Waals surface area (Å²) in [6.45, 7) is 5.81. The first-order valence-electron chi connectivity index (χ1n) is 7.39. The van der Waals surface area contributed by atoms with Crippen LogP contribution < -0.4 is 4.74 Å². The molecular formula is C17H20N4O. The third-order valence-electron chi connectivity index (χ3n) is 3.85. The molecule has 2 aromatic heterocycles. The Balaban J connectivity index is 1.79. The summed E-state index contributed by atoms with van der Waals surface area (Å²) in [5, 5.41) is 8.84. The second-order valence-corrected chi connectivity index (χ2v) is 5.23. The van der Waals surface area contributed by atoms with Gasteiger partial charge in [0.15, 0.2) is 0 Å². The van der Waals surface area contributed by atoms with Gasteiger partial charge in [-0.3, -0.25) is 9.36 Å². The Kier molecular flexibility index (Phi) is 3.96. The highest BCUT2D eigenvalue weighted by atomic mass is 16.5. The standard InChI is InChI=1S/C17H20N4O/c1-4-21-13(2)17(10-19-21)15-9-18-20(12-15)11-14-5-7-16(22-3)8-6-14/h5-10,12H,4,11H2,1-3H3. The summed E-state index contributed by atoms with van der Waals surface area (Å²) in [5.41, 5.74) is 4.61. The highest BCUT2D eigenvalue weighted by molar-refractivity contribution is 5.63. The molecule has 0 N–H and O–H groups in total. The minimum Gasteiger partial charge on any atom is -0.497 e. The molecule has 3 rings (SSSR count). The molecule has 114 valence electrons. The van der Waals surface area contributed by atoms with Crippen molar-refractivity contribution in [2.75, 3.05) is 7.11 Å². The minimum absolute atomic E-state index is 0.741. The molecular weight excluding hydrogens is 276 g/mol. The van der Waals surface area contributed by atoms with Crippen LogP contribution in [0.5, 0.6) is 5.75 Å². The first-order chi connectivity index (χ1) is 10.7. The average Bonchev–Trinajstić information content (AvgIpc) is 3.14. The molecule has 0 aliphatic rings. The monoisotopic (exact) mass is 296 g/mol. The number of hydrogen-bond donors (Lipinski definition) is 0. The maximum atomic E-state index is 5.18. The lowest BCUT2D eigenvalue weighted by Gasteiger charge is -2.04. The molecule has 0 amide bonds. The molecule has 0 aliphatic heterocycles. The fourth-order valence-electron chi connectivity index (χ4n) is 2.56. The fourth-order valence-corrected chi connectivity index (χ4v) is 2.56. The Morgan fingerprint density at radius 2 is 1.86 bits per heavy atom. The summed E-state index contributed by atoms with van der Waals surface area (Å²) < 4.78 is 9.12. The zero-order valence-electron chi connectivity index (χ0n) is 13.2. The lowest BCUT2D eigenvalue weighted by atomic mass is 10.1. The second kappa shape index (κ2) is 6.05. The Morgan fingerprint density at radius 1 is 1.09 bits per heavy atom. The van der Waals surface area contributed by atoms with Crippen molar-refractivity contribution in [2.24, 2.45) is 0 Å². The van der Waals surface area contributed by atoms with Crippen LogP contribution in [0, 0.1) is 6.92 Å². The highest BCUT2D eigenvalue weighted by Crippen LogP contribution is 2.22. The average molecular weight is 296 g/mol. The Hall–Kier alpha value is -2.56. The third kappa shape index (κ3) is 2.74. The van der Waals surface area contributed by atoms with Crippen LogP contribution in [0.2, 0.25) is 0 Å². The van der Waals surface area contributed by atoms with Crippen molar-refractivity contribution in [3.05, 3.63) is 54.1 Å². The smallest absolute Gasteiger partial charge is 0.118 e. The molecule has 1 aromatic carbocycles. The molecule has 0 bridgehead atoms. The lowest BCUT2D eigenvalue weighted by Crippen LogP contribution is -1.99. The van der Waals surface area contributed by atoms with Gasteiger partial charge in [0.25, 0.3) is 0 Å². The molecule has 0 atom stereocenters. The van der Waals surface area contributed by atoms with E-state index in [1.165, 1.54) is 11.3 Å². The first-order valence-corrected chi connectivity index (χ1v) is 7.39. The van der Waals surface area contributed by atoms with Gasteiger partial charge >= 0.3 is 0 Å². The van der Waals surface area contributed by atoms with Crippen molar-refractivity contribution in [2.45, 2.75) is 26.9 Å². The number of benzene rings is 1. The number of ether oxygens (including phenoxy) is 1. The number of rotatable bonds is 5. The summed E-state index contributed by atoms with van der Waals surface area (Å²) in [5.74, 6) is 0.868. The van der Waals surface area contributed by atoms with Crippen LogP contribution >= 0.6 is 0 Å². The largest absolute Gasteiger partial charge is 0.497 e. The molecule has 0 spiro atoms. The fraction of sp³-hybridized carbons (Fsp3) is 0.294. The van der Waals surface area contributed by atoms with Gasteiger partial charge in [-0.1, -0.05) is 12.1 Å². The Labute approximate surface area is 130 Å². The zero-order valence-corrected chi connectivity index (χ0v) is 13.2. The van der Waals surface area contributed by atoms with Gasteiger partial charge in [-0.05, 0) is 31.5 Å². The number of aromatic nitrogens is 4. The quantitative estimate of drug-likeness (QED) is 0.726. The normalized spacial score (nSPS) is 10.9. The SMILES string of the molecule is CCn1ncc(-c2cnn(Cc3ccc(OC)cc3)c2)c1C. The van der Waals surface area contributed by atoms with E-state index in [1.807, 2.05) is 33.9 Å². The molecule has 0 unspecified atom stereocenters. The topological polar surface area (TPSA) is 44.9 Å². The lowest BCUT2D eigenvalue weighted by molar-refractivity contribution is 0.414. The van der Waals surface area contributed by atoms with Crippen molar-refractivity contribution >= 4 is 0 Å². The summed E-state index contributed by atoms with van der Waals surface area (Å²) in [6, 6.07) is 8.05. The number of nitrogens with zero attached hydrogens (tertiary/aromatic N) is 4. The molecule has 0 fully saturated rings. The van der Waals surface area contributed by atoms with Crippen LogP contribution in [0.25, 0.3) is 11.1 Å². The molecule has 0 aliphatic carbocycles. The van der Waals surface area contributed by atoms with E-state index < -0.39 is 0 Å². The molecule has 5 heteroatoms. The maximum Gasteiger partial charge on any atom is 0.118 e. The van der Waals surface area contributed by atoms with E-state index in [4.69, 9.17) is 4.74 Å². The third-order valence-corrected chi connectivity index (χ3v) is 3.85. The van der Waals surface area contributed by atoms with Crippen LogP contribution in [-0.4, -0.2) is 26.7 Å². The van der Waals surface area contributed by atoms with Crippen LogP contribution in [0.4, 0.5) is 0 Å². The van der Waals surface area contributed by atoms with E-state index in [0.29, 0.717) is 0 Å². The van der Waals surface area contributed by atoms with Crippen LogP contribution in [0.1, 0.15) is 18.2 Å². The Morgan fingerprint density at radius 3 is 2.50 bits per heavy atom. The van der Waals surface area contributed by atoms with Gasteiger partial charge in [-0.25, -0.2) is 0 Å². The zero-order chi connectivity index (χ0) is 15.5. The molecule has 0 radical (unpaired) electrons. The van der Waals surface area contributed by atoms with E-state index in [1.54, 1.807) is 7.11 Å². The highest BCUT2D eigenvalue weighted by Gasteiger charge is 2.09. The van der Waals surface area contributed by atoms with Crippen molar-refractivity contribution in [3.8, 4) is 16.9 Å². The Bertz CT molecular complexity index is 755. The first kappa shape index (κ1) is 14.4. The van der Waals surface area contributed by atoms with E-state index >= 15 is 0 Å². The summed E-state index contributed by atoms with van der Waals surface area (Å²) in [4.78, 5) is 0. The number of hydrogen-bond acceptors (Lipinski definition) is 3. The van der Waals surface area contributed by atoms with E-state index in [2.05, 4.69) is 42.4 Å². The van der Waals surface area contributed by atoms with Crippen molar-refractivity contribution in [3.63, 3.8) is 0 Å². The van der Waals surface area contributed by atoms with Gasteiger partial charge in [-0.2, -0.15) is 10.2 Å². The predicted molar refractivity (Wildman–Crippen MR) is 86.0 cm³/mol. The molecule has 22 heavy (non-hydrogen) atoms. The number of aryl methyl sites for hydroxylation is 1. The van der Waals surface area contributed by atoms with Gasteiger partial charge in [0.1, 0.15) is 5.75 Å². The molecule has 0 saturated heterocycles. The maximum absolute atomic E-state index is 5.18. The van der Waals surface area contributed by atoms with Gasteiger partial charge < -0.3 is 4.74 Å². The predicted octanol–water partition coefficient (Wildman–Crippen LogP) is 3.13. The van der Waals surface area contributed by atoms with Crippen molar-refractivity contribution in [1.82, 2.24) is 19.6 Å². The summed E-state index contributed by atoms with van der Waals surface area (Å²) in [6.07, 6.45) is 5.87. The molecule has 2 heterocycles. The number of methoxy groups -OCH3 is 1. The van der Waals surface area contributed by atoms with E-state index in [0.717, 1.165) is 30.0 Å².